The summed E-state index contributed by atoms with van der Waals surface area (Å²) in [6.45, 7) is 2.46. The van der Waals surface area contributed by atoms with Crippen molar-refractivity contribution in [2.45, 2.75) is 18.4 Å². The van der Waals surface area contributed by atoms with E-state index in [2.05, 4.69) is 9.82 Å². The minimum Gasteiger partial charge on any atom is -0.477 e. The van der Waals surface area contributed by atoms with Crippen molar-refractivity contribution in [2.24, 2.45) is 7.05 Å². The van der Waals surface area contributed by atoms with E-state index in [1.807, 2.05) is 6.92 Å². The van der Waals surface area contributed by atoms with Gasteiger partial charge in [-0.05, 0) is 18.6 Å². The minimum absolute atomic E-state index is 0.0703. The summed E-state index contributed by atoms with van der Waals surface area (Å²) in [4.78, 5) is 10.8. The predicted molar refractivity (Wildman–Crippen MR) is 74.5 cm³/mol. The molecule has 2 heterocycles. The first-order valence-electron chi connectivity index (χ1n) is 6.18. The van der Waals surface area contributed by atoms with Crippen molar-refractivity contribution >= 4 is 16.0 Å². The van der Waals surface area contributed by atoms with E-state index in [0.29, 0.717) is 6.54 Å². The van der Waals surface area contributed by atoms with Gasteiger partial charge in [0.15, 0.2) is 0 Å². The number of hydrogen-bond acceptors (Lipinski definition) is 4. The lowest BCUT2D eigenvalue weighted by Crippen LogP contribution is -2.27. The van der Waals surface area contributed by atoms with Gasteiger partial charge in [0.05, 0.1) is 12.7 Å². The molecule has 0 unspecified atom stereocenters. The Morgan fingerprint density at radius 2 is 2.14 bits per heavy atom. The summed E-state index contributed by atoms with van der Waals surface area (Å²) in [5.74, 6) is -1.18. The van der Waals surface area contributed by atoms with Gasteiger partial charge in [-0.2, -0.15) is 5.10 Å². The molecule has 21 heavy (non-hydrogen) atoms. The highest BCUT2D eigenvalue weighted by Gasteiger charge is 2.19. The van der Waals surface area contributed by atoms with Crippen LogP contribution in [-0.4, -0.2) is 40.4 Å². The lowest BCUT2D eigenvalue weighted by molar-refractivity contribution is 0.0686. The number of rotatable bonds is 6. The van der Waals surface area contributed by atoms with Crippen LogP contribution in [0.5, 0.6) is 0 Å². The first-order valence-corrected chi connectivity index (χ1v) is 7.66. The third-order valence-corrected chi connectivity index (χ3v) is 4.33. The van der Waals surface area contributed by atoms with Crippen molar-refractivity contribution in [3.05, 3.63) is 35.9 Å². The summed E-state index contributed by atoms with van der Waals surface area (Å²) in [6.07, 6.45) is 4.76. The number of aryl methyl sites for hydroxylation is 2. The Kier molecular flexibility index (Phi) is 4.14. The van der Waals surface area contributed by atoms with Crippen molar-refractivity contribution in [3.63, 3.8) is 0 Å². The third kappa shape index (κ3) is 3.50. The maximum absolute atomic E-state index is 12.1. The van der Waals surface area contributed by atoms with E-state index < -0.39 is 16.0 Å². The zero-order chi connectivity index (χ0) is 15.6. The van der Waals surface area contributed by atoms with Crippen molar-refractivity contribution in [1.29, 1.82) is 0 Å². The molecule has 0 aliphatic heterocycles. The highest BCUT2D eigenvalue weighted by atomic mass is 32.2. The van der Waals surface area contributed by atoms with Gasteiger partial charge in [0.2, 0.25) is 10.0 Å². The number of carbonyl (C=O) groups is 1. The Hall–Kier alpha value is -2.13. The molecule has 8 nitrogen and oxygen atoms in total. The Labute approximate surface area is 122 Å². The second-order valence-electron chi connectivity index (χ2n) is 4.66. The molecule has 0 saturated heterocycles. The van der Waals surface area contributed by atoms with Gasteiger partial charge in [-0.1, -0.05) is 0 Å². The number of aromatic carboxylic acids is 1. The van der Waals surface area contributed by atoms with E-state index in [4.69, 9.17) is 5.11 Å². The smallest absolute Gasteiger partial charge is 0.352 e. The van der Waals surface area contributed by atoms with Crippen molar-refractivity contribution in [3.8, 4) is 0 Å². The average Bonchev–Trinajstić information content (AvgIpc) is 2.96. The average molecular weight is 312 g/mol. The summed E-state index contributed by atoms with van der Waals surface area (Å²) in [7, 11) is -2.25. The van der Waals surface area contributed by atoms with E-state index >= 15 is 0 Å². The fourth-order valence-corrected chi connectivity index (χ4v) is 2.95. The van der Waals surface area contributed by atoms with E-state index in [1.165, 1.54) is 17.8 Å². The maximum Gasteiger partial charge on any atom is 0.352 e. The molecular formula is C12H16N4O4S. The van der Waals surface area contributed by atoms with Gasteiger partial charge < -0.3 is 9.67 Å². The lowest BCUT2D eigenvalue weighted by atomic mass is 10.4. The molecule has 0 saturated carbocycles. The van der Waals surface area contributed by atoms with Gasteiger partial charge in [-0.15, -0.1) is 0 Å². The maximum atomic E-state index is 12.1. The zero-order valence-corrected chi connectivity index (χ0v) is 12.5. The Morgan fingerprint density at radius 1 is 1.43 bits per heavy atom. The van der Waals surface area contributed by atoms with Gasteiger partial charge in [-0.25, -0.2) is 17.9 Å². The lowest BCUT2D eigenvalue weighted by Gasteiger charge is -2.05. The zero-order valence-electron chi connectivity index (χ0n) is 11.6. The monoisotopic (exact) mass is 312 g/mol. The van der Waals surface area contributed by atoms with Crippen LogP contribution in [0.15, 0.2) is 29.6 Å². The van der Waals surface area contributed by atoms with Gasteiger partial charge in [-0.3, -0.25) is 4.68 Å². The van der Waals surface area contributed by atoms with Gasteiger partial charge in [0.1, 0.15) is 10.6 Å². The summed E-state index contributed by atoms with van der Waals surface area (Å²) >= 11 is 0. The topological polar surface area (TPSA) is 106 Å². The Morgan fingerprint density at radius 3 is 2.67 bits per heavy atom. The van der Waals surface area contributed by atoms with Crippen LogP contribution in [0.1, 0.15) is 16.1 Å². The van der Waals surface area contributed by atoms with Crippen LogP contribution in [0.25, 0.3) is 0 Å². The predicted octanol–water partition coefficient (Wildman–Crippen LogP) is 0.207. The highest BCUT2D eigenvalue weighted by molar-refractivity contribution is 7.89. The Bertz CT molecular complexity index is 760. The third-order valence-electron chi connectivity index (χ3n) is 2.90. The van der Waals surface area contributed by atoms with Crippen molar-refractivity contribution < 1.29 is 18.3 Å². The molecule has 2 aromatic heterocycles. The number of carboxylic acid groups (broad SMARTS) is 1. The SMILES string of the molecule is Cc1cnn(CCNS(=O)(=O)c2cc(C(=O)O)n(C)c2)c1. The molecule has 0 aromatic carbocycles. The number of nitrogens with zero attached hydrogens (tertiary/aromatic N) is 3. The summed E-state index contributed by atoms with van der Waals surface area (Å²) in [6, 6.07) is 1.13. The van der Waals surface area contributed by atoms with Crippen LogP contribution in [-0.2, 0) is 23.6 Å². The highest BCUT2D eigenvalue weighted by Crippen LogP contribution is 2.13. The molecular weight excluding hydrogens is 296 g/mol. The number of aromatic nitrogens is 3. The second-order valence-corrected chi connectivity index (χ2v) is 6.42. The fourth-order valence-electron chi connectivity index (χ4n) is 1.86. The van der Waals surface area contributed by atoms with Gasteiger partial charge >= 0.3 is 5.97 Å². The van der Waals surface area contributed by atoms with Crippen LogP contribution >= 0.6 is 0 Å². The van der Waals surface area contributed by atoms with Gasteiger partial charge in [0.25, 0.3) is 0 Å². The summed E-state index contributed by atoms with van der Waals surface area (Å²) in [5, 5.41) is 13.0. The minimum atomic E-state index is -3.73. The summed E-state index contributed by atoms with van der Waals surface area (Å²) < 4.78 is 29.4. The molecule has 0 aliphatic rings. The van der Waals surface area contributed by atoms with Crippen LogP contribution in [0, 0.1) is 6.92 Å². The molecule has 0 bridgehead atoms. The van der Waals surface area contributed by atoms with Crippen molar-refractivity contribution in [1.82, 2.24) is 19.1 Å². The van der Waals surface area contributed by atoms with E-state index in [-0.39, 0.29) is 17.1 Å². The molecule has 2 rings (SSSR count). The molecule has 0 amide bonds. The molecule has 9 heteroatoms. The van der Waals surface area contributed by atoms with E-state index in [0.717, 1.165) is 11.6 Å². The molecule has 0 fully saturated rings. The van der Waals surface area contributed by atoms with Crippen LogP contribution in [0.2, 0.25) is 0 Å². The van der Waals surface area contributed by atoms with E-state index in [9.17, 15) is 13.2 Å². The molecule has 114 valence electrons. The Balaban J connectivity index is 2.04. The molecule has 0 spiro atoms. The molecule has 0 atom stereocenters. The van der Waals surface area contributed by atoms with E-state index in [1.54, 1.807) is 17.1 Å². The van der Waals surface area contributed by atoms with Crippen LogP contribution < -0.4 is 4.72 Å². The van der Waals surface area contributed by atoms with Crippen LogP contribution in [0.4, 0.5) is 0 Å². The molecule has 0 aliphatic carbocycles. The second kappa shape index (κ2) is 5.70. The number of carboxylic acids is 1. The van der Waals surface area contributed by atoms with Gasteiger partial charge in [0, 0.05) is 26.0 Å². The summed E-state index contributed by atoms with van der Waals surface area (Å²) in [5.41, 5.74) is 0.907. The van der Waals surface area contributed by atoms with Crippen LogP contribution in [0.3, 0.4) is 0 Å². The molecule has 2 N–H and O–H groups in total. The number of nitrogens with one attached hydrogen (secondary N) is 1. The fraction of sp³-hybridized carbons (Fsp3) is 0.333. The number of hydrogen-bond donors (Lipinski definition) is 2. The van der Waals surface area contributed by atoms with Crippen molar-refractivity contribution in [2.75, 3.05) is 6.54 Å². The first-order chi connectivity index (χ1) is 9.79. The largest absolute Gasteiger partial charge is 0.477 e. The molecule has 0 radical (unpaired) electrons. The first kappa shape index (κ1) is 15.3. The molecule has 2 aromatic rings. The quantitative estimate of drug-likeness (QED) is 0.793. The standard InChI is InChI=1S/C12H16N4O4S/c1-9-6-13-16(7-9)4-3-14-21(19,20)10-5-11(12(17)18)15(2)8-10/h5-8,14H,3-4H2,1-2H3,(H,17,18). The normalized spacial score (nSPS) is 11.7. The number of sulfonamides is 1.